The maximum absolute atomic E-state index is 11.9. The number of carbonyl (C=O) groups is 2. The van der Waals surface area contributed by atoms with Gasteiger partial charge in [-0.2, -0.15) is 5.10 Å². The maximum Gasteiger partial charge on any atom is 0.268 e. The van der Waals surface area contributed by atoms with Gasteiger partial charge in [-0.25, -0.2) is 5.43 Å². The topological polar surface area (TPSA) is 90.8 Å². The number of carbonyl (C=O) groups excluding carboxylic acids is 2. The Hall–Kier alpha value is -1.43. The molecule has 1 aliphatic rings. The summed E-state index contributed by atoms with van der Waals surface area (Å²) in [7, 11) is 0. The van der Waals surface area contributed by atoms with Crippen molar-refractivity contribution < 1.29 is 14.7 Å². The Bertz CT molecular complexity index is 327. The Labute approximate surface area is 100 Å². The lowest BCUT2D eigenvalue weighted by molar-refractivity contribution is -0.121. The average Bonchev–Trinajstić information content (AvgIpc) is 2.37. The summed E-state index contributed by atoms with van der Waals surface area (Å²) < 4.78 is 0. The zero-order valence-electron chi connectivity index (χ0n) is 10.2. The monoisotopic (exact) mass is 241 g/mol. The van der Waals surface area contributed by atoms with E-state index in [-0.39, 0.29) is 24.8 Å². The smallest absolute Gasteiger partial charge is 0.268 e. The van der Waals surface area contributed by atoms with Crippen molar-refractivity contribution in [2.24, 2.45) is 5.10 Å². The van der Waals surface area contributed by atoms with Crippen molar-refractivity contribution in [1.29, 1.82) is 0 Å². The van der Waals surface area contributed by atoms with E-state index in [0.29, 0.717) is 25.0 Å². The number of hydrogen-bond donors (Lipinski definition) is 3. The van der Waals surface area contributed by atoms with Crippen LogP contribution >= 0.6 is 0 Å². The SMILES string of the molecule is CCC(CC)(CO)NC(=O)C1=NNC(=O)CC1. The van der Waals surface area contributed by atoms with Gasteiger partial charge in [0.05, 0.1) is 12.1 Å². The zero-order valence-corrected chi connectivity index (χ0v) is 10.2. The van der Waals surface area contributed by atoms with Gasteiger partial charge in [-0.05, 0) is 12.8 Å². The Morgan fingerprint density at radius 1 is 1.47 bits per heavy atom. The van der Waals surface area contributed by atoms with Crippen LogP contribution in [0.2, 0.25) is 0 Å². The number of amides is 2. The van der Waals surface area contributed by atoms with E-state index >= 15 is 0 Å². The summed E-state index contributed by atoms with van der Waals surface area (Å²) in [6, 6.07) is 0. The standard InChI is InChI=1S/C11H19N3O3/c1-3-11(4-2,7-15)12-10(17)8-5-6-9(16)14-13-8/h15H,3-7H2,1-2H3,(H,12,17)(H,14,16). The zero-order chi connectivity index (χ0) is 12.9. The number of aliphatic hydroxyl groups is 1. The first kappa shape index (κ1) is 13.6. The minimum Gasteiger partial charge on any atom is -0.394 e. The normalized spacial score (nSPS) is 16.2. The molecule has 2 amide bonds. The summed E-state index contributed by atoms with van der Waals surface area (Å²) in [5, 5.41) is 15.9. The lowest BCUT2D eigenvalue weighted by Gasteiger charge is -2.31. The van der Waals surface area contributed by atoms with Crippen LogP contribution < -0.4 is 10.7 Å². The summed E-state index contributed by atoms with van der Waals surface area (Å²) in [5.74, 6) is -0.497. The Balaban J connectivity index is 2.68. The lowest BCUT2D eigenvalue weighted by atomic mass is 9.93. The van der Waals surface area contributed by atoms with Gasteiger partial charge >= 0.3 is 0 Å². The molecular formula is C11H19N3O3. The molecule has 1 rings (SSSR count). The average molecular weight is 241 g/mol. The number of nitrogens with one attached hydrogen (secondary N) is 2. The Kier molecular flexibility index (Phi) is 4.62. The maximum atomic E-state index is 11.9. The first-order chi connectivity index (χ1) is 8.06. The summed E-state index contributed by atoms with van der Waals surface area (Å²) in [6.07, 6.45) is 1.90. The highest BCUT2D eigenvalue weighted by Crippen LogP contribution is 2.14. The molecule has 0 atom stereocenters. The van der Waals surface area contributed by atoms with Gasteiger partial charge < -0.3 is 10.4 Å². The summed E-state index contributed by atoms with van der Waals surface area (Å²) >= 11 is 0. The predicted molar refractivity (Wildman–Crippen MR) is 63.4 cm³/mol. The molecule has 17 heavy (non-hydrogen) atoms. The van der Waals surface area contributed by atoms with Gasteiger partial charge in [0.15, 0.2) is 0 Å². The van der Waals surface area contributed by atoms with E-state index in [0.717, 1.165) is 0 Å². The molecule has 0 unspecified atom stereocenters. The first-order valence-corrected chi connectivity index (χ1v) is 5.85. The van der Waals surface area contributed by atoms with Crippen LogP contribution in [-0.4, -0.2) is 34.8 Å². The molecule has 0 aromatic rings. The van der Waals surface area contributed by atoms with Crippen LogP contribution in [-0.2, 0) is 9.59 Å². The summed E-state index contributed by atoms with van der Waals surface area (Å²) in [4.78, 5) is 22.8. The molecule has 0 aromatic carbocycles. The van der Waals surface area contributed by atoms with Crippen LogP contribution in [0.25, 0.3) is 0 Å². The van der Waals surface area contributed by atoms with Crippen LogP contribution in [0.3, 0.4) is 0 Å². The van der Waals surface area contributed by atoms with Crippen molar-refractivity contribution in [3.05, 3.63) is 0 Å². The van der Waals surface area contributed by atoms with Crippen LogP contribution in [0.5, 0.6) is 0 Å². The number of aliphatic hydroxyl groups excluding tert-OH is 1. The van der Waals surface area contributed by atoms with Crippen molar-refractivity contribution in [3.63, 3.8) is 0 Å². The molecule has 0 saturated heterocycles. The van der Waals surface area contributed by atoms with Crippen LogP contribution in [0.4, 0.5) is 0 Å². The quantitative estimate of drug-likeness (QED) is 0.628. The van der Waals surface area contributed by atoms with Crippen LogP contribution in [0.15, 0.2) is 5.10 Å². The van der Waals surface area contributed by atoms with E-state index in [1.165, 1.54) is 0 Å². The van der Waals surface area contributed by atoms with E-state index in [9.17, 15) is 14.7 Å². The molecule has 0 radical (unpaired) electrons. The van der Waals surface area contributed by atoms with Gasteiger partial charge in [0.1, 0.15) is 5.71 Å². The van der Waals surface area contributed by atoms with Crippen molar-refractivity contribution >= 4 is 17.5 Å². The van der Waals surface area contributed by atoms with Gasteiger partial charge in [-0.3, -0.25) is 9.59 Å². The number of rotatable bonds is 5. The van der Waals surface area contributed by atoms with Crippen molar-refractivity contribution in [2.45, 2.75) is 45.1 Å². The van der Waals surface area contributed by atoms with Crippen LogP contribution in [0, 0.1) is 0 Å². The second-order valence-electron chi connectivity index (χ2n) is 4.19. The third-order valence-corrected chi connectivity index (χ3v) is 3.20. The minimum atomic E-state index is -0.596. The van der Waals surface area contributed by atoms with Gasteiger partial charge in [0.2, 0.25) is 5.91 Å². The van der Waals surface area contributed by atoms with E-state index in [2.05, 4.69) is 15.8 Å². The van der Waals surface area contributed by atoms with Gasteiger partial charge in [0.25, 0.3) is 5.91 Å². The highest BCUT2D eigenvalue weighted by molar-refractivity contribution is 6.39. The molecule has 0 fully saturated rings. The van der Waals surface area contributed by atoms with Gasteiger partial charge in [-0.15, -0.1) is 0 Å². The fraction of sp³-hybridized carbons (Fsp3) is 0.727. The first-order valence-electron chi connectivity index (χ1n) is 5.85. The molecule has 1 heterocycles. The molecule has 1 aliphatic heterocycles. The number of hydrazone groups is 1. The van der Waals surface area contributed by atoms with Crippen molar-refractivity contribution in [3.8, 4) is 0 Å². The van der Waals surface area contributed by atoms with E-state index in [4.69, 9.17) is 0 Å². The molecule has 3 N–H and O–H groups in total. The Morgan fingerprint density at radius 3 is 2.53 bits per heavy atom. The molecule has 6 heteroatoms. The fourth-order valence-corrected chi connectivity index (χ4v) is 1.64. The molecule has 0 aromatic heterocycles. The summed E-state index contributed by atoms with van der Waals surface area (Å²) in [6.45, 7) is 3.71. The largest absolute Gasteiger partial charge is 0.394 e. The van der Waals surface area contributed by atoms with E-state index in [1.807, 2.05) is 13.8 Å². The molecule has 6 nitrogen and oxygen atoms in total. The second-order valence-corrected chi connectivity index (χ2v) is 4.19. The number of hydrogen-bond acceptors (Lipinski definition) is 4. The summed E-state index contributed by atoms with van der Waals surface area (Å²) in [5.41, 5.74) is 1.99. The molecule has 96 valence electrons. The van der Waals surface area contributed by atoms with Crippen molar-refractivity contribution in [2.75, 3.05) is 6.61 Å². The van der Waals surface area contributed by atoms with E-state index in [1.54, 1.807) is 0 Å². The highest BCUT2D eigenvalue weighted by atomic mass is 16.3. The minimum absolute atomic E-state index is 0.106. The van der Waals surface area contributed by atoms with E-state index < -0.39 is 5.54 Å². The molecule has 0 aliphatic carbocycles. The third kappa shape index (κ3) is 3.26. The molecule has 0 saturated carbocycles. The third-order valence-electron chi connectivity index (χ3n) is 3.20. The van der Waals surface area contributed by atoms with Crippen molar-refractivity contribution in [1.82, 2.24) is 10.7 Å². The van der Waals surface area contributed by atoms with Gasteiger partial charge in [-0.1, -0.05) is 13.8 Å². The van der Waals surface area contributed by atoms with Crippen LogP contribution in [0.1, 0.15) is 39.5 Å². The molecule has 0 spiro atoms. The fourth-order valence-electron chi connectivity index (χ4n) is 1.64. The molecule has 0 bridgehead atoms. The number of nitrogens with zero attached hydrogens (tertiary/aromatic N) is 1. The van der Waals surface area contributed by atoms with Gasteiger partial charge in [0, 0.05) is 12.8 Å². The lowest BCUT2D eigenvalue weighted by Crippen LogP contribution is -2.53. The highest BCUT2D eigenvalue weighted by Gasteiger charge is 2.29. The Morgan fingerprint density at radius 2 is 2.12 bits per heavy atom. The predicted octanol–water partition coefficient (Wildman–Crippen LogP) is -0.0803. The molecular weight excluding hydrogens is 222 g/mol. The second kappa shape index (κ2) is 5.77.